The van der Waals surface area contributed by atoms with Crippen molar-refractivity contribution < 1.29 is 4.21 Å². The molecule has 1 atom stereocenters. The van der Waals surface area contributed by atoms with E-state index in [1.165, 1.54) is 6.26 Å². The van der Waals surface area contributed by atoms with Crippen molar-refractivity contribution in [1.82, 2.24) is 0 Å². The summed E-state index contributed by atoms with van der Waals surface area (Å²) >= 11 is 0. The Balaban J connectivity index is 2.82. The zero-order valence-electron chi connectivity index (χ0n) is 6.41. The molecule has 1 rings (SSSR count). The van der Waals surface area contributed by atoms with E-state index in [-0.39, 0.29) is 0 Å². The molecule has 0 spiro atoms. The van der Waals surface area contributed by atoms with Crippen LogP contribution in [0.5, 0.6) is 0 Å². The number of benzene rings is 1. The van der Waals surface area contributed by atoms with Crippen LogP contribution in [-0.4, -0.2) is 10.5 Å². The minimum atomic E-state index is -2.38. The molecule has 11 heavy (non-hydrogen) atoms. The number of nitrogens with one attached hydrogen (secondary N) is 1. The minimum absolute atomic E-state index is 0.355. The van der Waals surface area contributed by atoms with Crippen LogP contribution in [0.25, 0.3) is 0 Å². The largest absolute Gasteiger partial charge is 0.253 e. The lowest BCUT2D eigenvalue weighted by molar-refractivity contribution is 0.678. The van der Waals surface area contributed by atoms with Gasteiger partial charge in [-0.3, -0.25) is 4.78 Å². The van der Waals surface area contributed by atoms with E-state index >= 15 is 0 Å². The fraction of sp³-hybridized carbons (Fsp3) is 0.250. The number of hydrogen-bond donors (Lipinski definition) is 1. The lowest BCUT2D eigenvalue weighted by atomic mass is 10.2. The Morgan fingerprint density at radius 1 is 1.36 bits per heavy atom. The second-order valence-electron chi connectivity index (χ2n) is 2.63. The van der Waals surface area contributed by atoms with Gasteiger partial charge in [0.1, 0.15) is 0 Å². The molecule has 0 bridgehead atoms. The van der Waals surface area contributed by atoms with Crippen molar-refractivity contribution in [2.24, 2.45) is 0 Å². The third-order valence-electron chi connectivity index (χ3n) is 1.28. The predicted octanol–water partition coefficient (Wildman–Crippen LogP) is 1.86. The molecule has 0 fully saturated rings. The van der Waals surface area contributed by atoms with Crippen LogP contribution in [0, 0.1) is 4.78 Å². The lowest BCUT2D eigenvalue weighted by Crippen LogP contribution is -1.97. The van der Waals surface area contributed by atoms with Crippen LogP contribution >= 0.6 is 0 Å². The van der Waals surface area contributed by atoms with Gasteiger partial charge < -0.3 is 0 Å². The highest BCUT2D eigenvalue weighted by molar-refractivity contribution is 7.90. The van der Waals surface area contributed by atoms with Crippen molar-refractivity contribution >= 4 is 9.73 Å². The van der Waals surface area contributed by atoms with E-state index in [1.54, 1.807) is 0 Å². The van der Waals surface area contributed by atoms with Crippen LogP contribution in [0.4, 0.5) is 0 Å². The summed E-state index contributed by atoms with van der Waals surface area (Å²) in [5, 5.41) is 0. The van der Waals surface area contributed by atoms with Gasteiger partial charge in [-0.2, -0.15) is 0 Å². The van der Waals surface area contributed by atoms with Crippen molar-refractivity contribution in [3.8, 4) is 0 Å². The van der Waals surface area contributed by atoms with Crippen molar-refractivity contribution in [3.05, 3.63) is 35.9 Å². The van der Waals surface area contributed by atoms with E-state index < -0.39 is 9.73 Å². The molecular weight excluding hydrogens is 158 g/mol. The summed E-state index contributed by atoms with van der Waals surface area (Å²) in [5.41, 5.74) is 0.968. The van der Waals surface area contributed by atoms with Gasteiger partial charge in [0, 0.05) is 16.0 Å². The normalized spacial score (nSPS) is 15.7. The quantitative estimate of drug-likeness (QED) is 0.721. The summed E-state index contributed by atoms with van der Waals surface area (Å²) in [5.74, 6) is 0.355. The Morgan fingerprint density at radius 3 is 2.36 bits per heavy atom. The minimum Gasteiger partial charge on any atom is -0.253 e. The molecule has 0 amide bonds. The topological polar surface area (TPSA) is 40.9 Å². The Morgan fingerprint density at radius 2 is 1.91 bits per heavy atom. The summed E-state index contributed by atoms with van der Waals surface area (Å²) in [6.07, 6.45) is 1.46. The fourth-order valence-corrected chi connectivity index (χ4v) is 1.72. The second kappa shape index (κ2) is 3.05. The molecule has 1 unspecified atom stereocenters. The third-order valence-corrected chi connectivity index (χ3v) is 2.17. The Kier molecular flexibility index (Phi) is 2.29. The predicted molar refractivity (Wildman–Crippen MR) is 46.9 cm³/mol. The maximum Gasteiger partial charge on any atom is 0.0563 e. The van der Waals surface area contributed by atoms with E-state index in [2.05, 4.69) is 0 Å². The highest BCUT2D eigenvalue weighted by Gasteiger charge is 1.98. The summed E-state index contributed by atoms with van der Waals surface area (Å²) in [4.78, 5) is 0. The van der Waals surface area contributed by atoms with Gasteiger partial charge in [-0.1, -0.05) is 30.3 Å². The fourth-order valence-electron chi connectivity index (χ4n) is 0.892. The molecule has 60 valence electrons. The molecule has 0 radical (unpaired) electrons. The van der Waals surface area contributed by atoms with Crippen LogP contribution < -0.4 is 0 Å². The van der Waals surface area contributed by atoms with E-state index in [0.29, 0.717) is 5.75 Å². The Bertz CT molecular complexity index is 315. The monoisotopic (exact) mass is 169 g/mol. The standard InChI is InChI=1S/C8H11NOS/c1-11(9,10)7-8-5-3-2-4-6-8/h2-6,9H,7H2,1H3. The smallest absolute Gasteiger partial charge is 0.0563 e. The maximum absolute atomic E-state index is 11.0. The highest BCUT2D eigenvalue weighted by Crippen LogP contribution is 2.03. The second-order valence-corrected chi connectivity index (χ2v) is 4.93. The first kappa shape index (κ1) is 8.27. The van der Waals surface area contributed by atoms with Gasteiger partial charge in [0.15, 0.2) is 0 Å². The van der Waals surface area contributed by atoms with Gasteiger partial charge in [0.2, 0.25) is 0 Å². The van der Waals surface area contributed by atoms with Gasteiger partial charge in [0.25, 0.3) is 0 Å². The van der Waals surface area contributed by atoms with E-state index in [9.17, 15) is 4.21 Å². The Hall–Kier alpha value is -0.830. The molecule has 1 aromatic carbocycles. The molecule has 0 aromatic heterocycles. The molecule has 0 aliphatic heterocycles. The van der Waals surface area contributed by atoms with Gasteiger partial charge in [-0.05, 0) is 5.56 Å². The number of rotatable bonds is 2. The molecule has 0 saturated carbocycles. The van der Waals surface area contributed by atoms with Gasteiger partial charge in [-0.15, -0.1) is 0 Å². The molecule has 1 aromatic rings. The van der Waals surface area contributed by atoms with E-state index in [0.717, 1.165) is 5.56 Å². The molecule has 0 aliphatic carbocycles. The van der Waals surface area contributed by atoms with Gasteiger partial charge in [-0.25, -0.2) is 4.21 Å². The first-order chi connectivity index (χ1) is 5.08. The van der Waals surface area contributed by atoms with Crippen LogP contribution in [0.15, 0.2) is 30.3 Å². The van der Waals surface area contributed by atoms with E-state index in [4.69, 9.17) is 4.78 Å². The van der Waals surface area contributed by atoms with Gasteiger partial charge in [0.05, 0.1) is 5.75 Å². The number of hydrogen-bond acceptors (Lipinski definition) is 2. The molecule has 0 saturated heterocycles. The first-order valence-electron chi connectivity index (χ1n) is 3.33. The SMILES string of the molecule is CS(=N)(=O)Cc1ccccc1. The summed E-state index contributed by atoms with van der Waals surface area (Å²) < 4.78 is 18.2. The van der Waals surface area contributed by atoms with Crippen molar-refractivity contribution in [2.45, 2.75) is 5.75 Å². The Labute approximate surface area is 67.2 Å². The molecule has 3 heteroatoms. The summed E-state index contributed by atoms with van der Waals surface area (Å²) in [7, 11) is -2.38. The van der Waals surface area contributed by atoms with Crippen molar-refractivity contribution in [1.29, 1.82) is 4.78 Å². The van der Waals surface area contributed by atoms with Crippen molar-refractivity contribution in [2.75, 3.05) is 6.26 Å². The molecule has 2 nitrogen and oxygen atoms in total. The highest BCUT2D eigenvalue weighted by atomic mass is 32.2. The van der Waals surface area contributed by atoms with Gasteiger partial charge >= 0.3 is 0 Å². The average molecular weight is 169 g/mol. The van der Waals surface area contributed by atoms with Crippen LogP contribution in [-0.2, 0) is 15.5 Å². The van der Waals surface area contributed by atoms with Crippen LogP contribution in [0.3, 0.4) is 0 Å². The molecule has 1 N–H and O–H groups in total. The summed E-state index contributed by atoms with van der Waals surface area (Å²) in [6, 6.07) is 9.46. The summed E-state index contributed by atoms with van der Waals surface area (Å²) in [6.45, 7) is 0. The van der Waals surface area contributed by atoms with E-state index in [1.807, 2.05) is 30.3 Å². The van der Waals surface area contributed by atoms with Crippen LogP contribution in [0.2, 0.25) is 0 Å². The molecule has 0 heterocycles. The zero-order chi connectivity index (χ0) is 8.32. The average Bonchev–Trinajstić information content (AvgIpc) is 1.85. The maximum atomic E-state index is 11.0. The lowest BCUT2D eigenvalue weighted by Gasteiger charge is -1.99. The molecule has 0 aliphatic rings. The van der Waals surface area contributed by atoms with Crippen molar-refractivity contribution in [3.63, 3.8) is 0 Å². The first-order valence-corrected chi connectivity index (χ1v) is 5.47. The zero-order valence-corrected chi connectivity index (χ0v) is 7.23. The van der Waals surface area contributed by atoms with Crippen LogP contribution in [0.1, 0.15) is 5.56 Å². The molecular formula is C8H11NOS. The third kappa shape index (κ3) is 3.18.